The summed E-state index contributed by atoms with van der Waals surface area (Å²) in [4.78, 5) is 8.27. The van der Waals surface area contributed by atoms with Crippen LogP contribution in [0.2, 0.25) is 0 Å². The van der Waals surface area contributed by atoms with E-state index in [-0.39, 0.29) is 0 Å². The standard InChI is InChI=1S/C24H19FN2O2/c25-22-13-11-20(15-26-22)21-12-14-23(28-16-18-7-3-1-4-8-18)27-24(21)29-17-19-9-5-2-6-10-19/h1-15H,16-17H2. The highest BCUT2D eigenvalue weighted by Crippen LogP contribution is 2.31. The van der Waals surface area contributed by atoms with E-state index in [1.165, 1.54) is 12.3 Å². The largest absolute Gasteiger partial charge is 0.473 e. The van der Waals surface area contributed by atoms with Crippen LogP contribution in [0.4, 0.5) is 4.39 Å². The molecule has 4 aromatic rings. The van der Waals surface area contributed by atoms with E-state index in [2.05, 4.69) is 9.97 Å². The van der Waals surface area contributed by atoms with Crippen molar-refractivity contribution in [3.05, 3.63) is 108 Å². The Labute approximate surface area is 168 Å². The SMILES string of the molecule is Fc1ccc(-c2ccc(OCc3ccccc3)nc2OCc2ccccc2)cn1. The summed E-state index contributed by atoms with van der Waals surface area (Å²) in [5.41, 5.74) is 3.51. The summed E-state index contributed by atoms with van der Waals surface area (Å²) >= 11 is 0. The zero-order valence-electron chi connectivity index (χ0n) is 15.7. The third kappa shape index (κ3) is 4.96. The molecular weight excluding hydrogens is 367 g/mol. The lowest BCUT2D eigenvalue weighted by Crippen LogP contribution is -2.02. The van der Waals surface area contributed by atoms with Crippen molar-refractivity contribution in [2.24, 2.45) is 0 Å². The van der Waals surface area contributed by atoms with Crippen LogP contribution in [0.15, 0.2) is 91.1 Å². The molecule has 4 rings (SSSR count). The molecule has 0 spiro atoms. The van der Waals surface area contributed by atoms with Crippen LogP contribution in [0.1, 0.15) is 11.1 Å². The van der Waals surface area contributed by atoms with Crippen LogP contribution in [-0.2, 0) is 13.2 Å². The van der Waals surface area contributed by atoms with Crippen LogP contribution in [-0.4, -0.2) is 9.97 Å². The van der Waals surface area contributed by atoms with Crippen molar-refractivity contribution in [2.75, 3.05) is 0 Å². The summed E-state index contributed by atoms with van der Waals surface area (Å²) in [6.07, 6.45) is 1.46. The Balaban J connectivity index is 1.58. The van der Waals surface area contributed by atoms with Crippen LogP contribution < -0.4 is 9.47 Å². The summed E-state index contributed by atoms with van der Waals surface area (Å²) in [5, 5.41) is 0. The minimum absolute atomic E-state index is 0.359. The third-order valence-corrected chi connectivity index (χ3v) is 4.32. The molecule has 0 saturated heterocycles. The first-order chi connectivity index (χ1) is 14.3. The summed E-state index contributed by atoms with van der Waals surface area (Å²) in [7, 11) is 0. The second-order valence-corrected chi connectivity index (χ2v) is 6.42. The second kappa shape index (κ2) is 8.97. The van der Waals surface area contributed by atoms with Crippen molar-refractivity contribution < 1.29 is 13.9 Å². The van der Waals surface area contributed by atoms with Crippen LogP contribution in [0.5, 0.6) is 11.8 Å². The van der Waals surface area contributed by atoms with Gasteiger partial charge in [0.2, 0.25) is 17.7 Å². The zero-order valence-corrected chi connectivity index (χ0v) is 15.7. The number of hydrogen-bond acceptors (Lipinski definition) is 4. The fraction of sp³-hybridized carbons (Fsp3) is 0.0833. The highest BCUT2D eigenvalue weighted by molar-refractivity contribution is 5.68. The van der Waals surface area contributed by atoms with Crippen molar-refractivity contribution in [3.63, 3.8) is 0 Å². The van der Waals surface area contributed by atoms with Gasteiger partial charge < -0.3 is 9.47 Å². The fourth-order valence-electron chi connectivity index (χ4n) is 2.83. The number of halogens is 1. The number of pyridine rings is 2. The van der Waals surface area contributed by atoms with Gasteiger partial charge in [-0.15, -0.1) is 0 Å². The quantitative estimate of drug-likeness (QED) is 0.397. The molecular formula is C24H19FN2O2. The number of nitrogens with zero attached hydrogens (tertiary/aromatic N) is 2. The number of aromatic nitrogens is 2. The molecule has 0 aliphatic rings. The predicted octanol–water partition coefficient (Wildman–Crippen LogP) is 5.44. The van der Waals surface area contributed by atoms with Gasteiger partial charge in [0.15, 0.2) is 0 Å². The highest BCUT2D eigenvalue weighted by Gasteiger charge is 2.12. The average Bonchev–Trinajstić information content (AvgIpc) is 2.78. The molecule has 0 N–H and O–H groups in total. The molecule has 0 aliphatic carbocycles. The van der Waals surface area contributed by atoms with Gasteiger partial charge >= 0.3 is 0 Å². The Hall–Kier alpha value is -3.73. The summed E-state index contributed by atoms with van der Waals surface area (Å²) in [5.74, 6) is 0.333. The molecule has 29 heavy (non-hydrogen) atoms. The molecule has 4 nitrogen and oxygen atoms in total. The predicted molar refractivity (Wildman–Crippen MR) is 109 cm³/mol. The van der Waals surface area contributed by atoms with Crippen molar-refractivity contribution in [1.29, 1.82) is 0 Å². The summed E-state index contributed by atoms with van der Waals surface area (Å²) < 4.78 is 25.0. The van der Waals surface area contributed by atoms with E-state index in [0.29, 0.717) is 25.0 Å². The van der Waals surface area contributed by atoms with E-state index >= 15 is 0 Å². The van der Waals surface area contributed by atoms with Gasteiger partial charge in [-0.3, -0.25) is 0 Å². The zero-order chi connectivity index (χ0) is 19.9. The summed E-state index contributed by atoms with van der Waals surface area (Å²) in [6.45, 7) is 0.765. The van der Waals surface area contributed by atoms with E-state index in [4.69, 9.17) is 9.47 Å². The van der Waals surface area contributed by atoms with E-state index < -0.39 is 5.95 Å². The van der Waals surface area contributed by atoms with Crippen LogP contribution in [0, 0.1) is 5.95 Å². The molecule has 0 fully saturated rings. The number of benzene rings is 2. The molecule has 2 heterocycles. The van der Waals surface area contributed by atoms with Crippen LogP contribution in [0.3, 0.4) is 0 Å². The first kappa shape index (κ1) is 18.6. The van der Waals surface area contributed by atoms with Gasteiger partial charge in [-0.1, -0.05) is 60.7 Å². The van der Waals surface area contributed by atoms with Gasteiger partial charge in [0, 0.05) is 23.4 Å². The molecule has 0 amide bonds. The molecule has 0 aliphatic heterocycles. The first-order valence-electron chi connectivity index (χ1n) is 9.24. The smallest absolute Gasteiger partial charge is 0.225 e. The van der Waals surface area contributed by atoms with Crippen molar-refractivity contribution in [1.82, 2.24) is 9.97 Å². The van der Waals surface area contributed by atoms with Gasteiger partial charge in [-0.2, -0.15) is 9.37 Å². The number of hydrogen-bond donors (Lipinski definition) is 0. The maximum Gasteiger partial charge on any atom is 0.225 e. The Kier molecular flexibility index (Phi) is 5.76. The Morgan fingerprint density at radius 3 is 1.97 bits per heavy atom. The van der Waals surface area contributed by atoms with Gasteiger partial charge in [0.1, 0.15) is 13.2 Å². The maximum atomic E-state index is 13.2. The van der Waals surface area contributed by atoms with E-state index in [0.717, 1.165) is 22.3 Å². The summed E-state index contributed by atoms with van der Waals surface area (Å²) in [6, 6.07) is 26.3. The lowest BCUT2D eigenvalue weighted by Gasteiger charge is -2.13. The van der Waals surface area contributed by atoms with Gasteiger partial charge in [0.05, 0.1) is 0 Å². The first-order valence-corrected chi connectivity index (χ1v) is 9.24. The molecule has 144 valence electrons. The Morgan fingerprint density at radius 2 is 1.34 bits per heavy atom. The topological polar surface area (TPSA) is 44.2 Å². The highest BCUT2D eigenvalue weighted by atomic mass is 19.1. The van der Waals surface area contributed by atoms with Crippen molar-refractivity contribution in [2.45, 2.75) is 13.2 Å². The lowest BCUT2D eigenvalue weighted by atomic mass is 10.1. The molecule has 2 aromatic carbocycles. The van der Waals surface area contributed by atoms with Gasteiger partial charge in [-0.25, -0.2) is 4.98 Å². The number of ether oxygens (including phenoxy) is 2. The minimum atomic E-state index is -0.531. The molecule has 5 heteroatoms. The molecule has 2 aromatic heterocycles. The Morgan fingerprint density at radius 1 is 0.690 bits per heavy atom. The molecule has 0 atom stereocenters. The van der Waals surface area contributed by atoms with Crippen molar-refractivity contribution >= 4 is 0 Å². The number of rotatable bonds is 7. The second-order valence-electron chi connectivity index (χ2n) is 6.42. The minimum Gasteiger partial charge on any atom is -0.473 e. The average molecular weight is 386 g/mol. The monoisotopic (exact) mass is 386 g/mol. The van der Waals surface area contributed by atoms with Gasteiger partial charge in [-0.05, 0) is 29.3 Å². The van der Waals surface area contributed by atoms with Crippen LogP contribution in [0.25, 0.3) is 11.1 Å². The fourth-order valence-corrected chi connectivity index (χ4v) is 2.83. The molecule has 0 bridgehead atoms. The molecule has 0 radical (unpaired) electrons. The third-order valence-electron chi connectivity index (χ3n) is 4.32. The lowest BCUT2D eigenvalue weighted by molar-refractivity contribution is 0.268. The van der Waals surface area contributed by atoms with E-state index in [9.17, 15) is 4.39 Å². The van der Waals surface area contributed by atoms with Gasteiger partial charge in [0.25, 0.3) is 0 Å². The normalized spacial score (nSPS) is 10.5. The Bertz CT molecular complexity index is 1060. The van der Waals surface area contributed by atoms with E-state index in [1.54, 1.807) is 12.1 Å². The van der Waals surface area contributed by atoms with E-state index in [1.807, 2.05) is 66.7 Å². The van der Waals surface area contributed by atoms with Crippen molar-refractivity contribution in [3.8, 4) is 22.9 Å². The molecule has 0 saturated carbocycles. The maximum absolute atomic E-state index is 13.2. The molecule has 0 unspecified atom stereocenters. The van der Waals surface area contributed by atoms with Crippen LogP contribution >= 0.6 is 0 Å².